The number of amides is 2. The summed E-state index contributed by atoms with van der Waals surface area (Å²) in [5.41, 5.74) is 0.656. The first kappa shape index (κ1) is 16.3. The van der Waals surface area contributed by atoms with Gasteiger partial charge in [-0.25, -0.2) is 8.42 Å². The van der Waals surface area contributed by atoms with Gasteiger partial charge >= 0.3 is 0 Å². The van der Waals surface area contributed by atoms with E-state index in [2.05, 4.69) is 0 Å². The number of benzene rings is 1. The summed E-state index contributed by atoms with van der Waals surface area (Å²) in [6.07, 6.45) is 0.903. The molecule has 22 heavy (non-hydrogen) atoms. The van der Waals surface area contributed by atoms with Crippen LogP contribution in [0.1, 0.15) is 13.3 Å². The van der Waals surface area contributed by atoms with E-state index in [1.54, 1.807) is 24.3 Å². The van der Waals surface area contributed by atoms with Gasteiger partial charge in [-0.2, -0.15) is 0 Å². The molecule has 0 spiro atoms. The highest BCUT2D eigenvalue weighted by molar-refractivity contribution is 7.89. The summed E-state index contributed by atoms with van der Waals surface area (Å²) in [6, 6.07) is 6.96. The van der Waals surface area contributed by atoms with Gasteiger partial charge in [0, 0.05) is 18.7 Å². The predicted molar refractivity (Wildman–Crippen MR) is 81.1 cm³/mol. The molecule has 8 heteroatoms. The van der Waals surface area contributed by atoms with Crippen LogP contribution in [-0.4, -0.2) is 39.6 Å². The highest BCUT2D eigenvalue weighted by Crippen LogP contribution is 2.27. The van der Waals surface area contributed by atoms with E-state index < -0.39 is 21.8 Å². The van der Waals surface area contributed by atoms with E-state index in [0.29, 0.717) is 18.0 Å². The molecule has 7 nitrogen and oxygen atoms in total. The summed E-state index contributed by atoms with van der Waals surface area (Å²) >= 11 is 0. The first-order valence-corrected chi connectivity index (χ1v) is 8.74. The fourth-order valence-electron chi connectivity index (χ4n) is 2.29. The van der Waals surface area contributed by atoms with E-state index in [1.165, 1.54) is 4.90 Å². The van der Waals surface area contributed by atoms with E-state index in [0.717, 1.165) is 6.26 Å². The molecule has 0 saturated carbocycles. The largest absolute Gasteiger partial charge is 0.494 e. The molecule has 1 N–H and O–H groups in total. The highest BCUT2D eigenvalue weighted by Gasteiger charge is 2.36. The Morgan fingerprint density at radius 3 is 2.55 bits per heavy atom. The van der Waals surface area contributed by atoms with Crippen molar-refractivity contribution in [1.82, 2.24) is 4.72 Å². The number of ether oxygens (including phenoxy) is 1. The van der Waals surface area contributed by atoms with Crippen molar-refractivity contribution < 1.29 is 22.7 Å². The van der Waals surface area contributed by atoms with Crippen molar-refractivity contribution >= 4 is 27.5 Å². The smallest absolute Gasteiger partial charge is 0.238 e. The molecular weight excluding hydrogens is 308 g/mol. The third-order valence-electron chi connectivity index (χ3n) is 3.24. The molecule has 2 rings (SSSR count). The minimum atomic E-state index is -3.62. The van der Waals surface area contributed by atoms with Crippen molar-refractivity contribution in [3.8, 4) is 5.75 Å². The molecule has 1 aromatic rings. The summed E-state index contributed by atoms with van der Waals surface area (Å²) in [7, 11) is -3.62. The number of hydrogen-bond donors (Lipinski definition) is 1. The van der Waals surface area contributed by atoms with Gasteiger partial charge in [-0.3, -0.25) is 14.3 Å². The van der Waals surface area contributed by atoms with Crippen LogP contribution in [0.5, 0.6) is 5.75 Å². The first-order chi connectivity index (χ1) is 10.3. The van der Waals surface area contributed by atoms with Crippen LogP contribution in [0.25, 0.3) is 0 Å². The Balaban J connectivity index is 2.07. The molecule has 1 fully saturated rings. The Morgan fingerprint density at radius 1 is 1.36 bits per heavy atom. The summed E-state index contributed by atoms with van der Waals surface area (Å²) < 4.78 is 29.4. The van der Waals surface area contributed by atoms with E-state index >= 15 is 0 Å². The van der Waals surface area contributed by atoms with Gasteiger partial charge in [0.25, 0.3) is 0 Å². The second-order valence-electron chi connectivity index (χ2n) is 5.07. The standard InChI is InChI=1S/C14H18N2O5S/c1-3-21-12-6-4-11(5-7-12)16-9-10(8-13(16)17)14(18)15-22(2,19)20/h4-7,10H,3,8-9H2,1-2H3,(H,15,18)/t10-/m1/s1. The van der Waals surface area contributed by atoms with Crippen LogP contribution in [0.3, 0.4) is 0 Å². The van der Waals surface area contributed by atoms with Crippen molar-refractivity contribution in [3.05, 3.63) is 24.3 Å². The molecular formula is C14H18N2O5S. The van der Waals surface area contributed by atoms with Gasteiger partial charge in [0.1, 0.15) is 5.75 Å². The number of anilines is 1. The van der Waals surface area contributed by atoms with Gasteiger partial charge in [-0.1, -0.05) is 0 Å². The van der Waals surface area contributed by atoms with Crippen LogP contribution in [0, 0.1) is 5.92 Å². The van der Waals surface area contributed by atoms with Crippen molar-refractivity contribution in [2.45, 2.75) is 13.3 Å². The minimum absolute atomic E-state index is 0.00539. The Hall–Kier alpha value is -2.09. The van der Waals surface area contributed by atoms with E-state index in [-0.39, 0.29) is 18.9 Å². The maximum atomic E-state index is 12.0. The Morgan fingerprint density at radius 2 is 2.00 bits per heavy atom. The predicted octanol–water partition coefficient (Wildman–Crippen LogP) is 0.514. The van der Waals surface area contributed by atoms with Gasteiger partial charge < -0.3 is 9.64 Å². The van der Waals surface area contributed by atoms with Gasteiger partial charge in [0.15, 0.2) is 0 Å². The molecule has 2 amide bonds. The molecule has 1 aromatic carbocycles. The summed E-state index contributed by atoms with van der Waals surface area (Å²) in [6.45, 7) is 2.59. The van der Waals surface area contributed by atoms with Crippen molar-refractivity contribution in [2.75, 3.05) is 24.3 Å². The number of nitrogens with zero attached hydrogens (tertiary/aromatic N) is 1. The van der Waals surface area contributed by atoms with E-state index in [1.807, 2.05) is 11.6 Å². The number of carbonyl (C=O) groups is 2. The number of nitrogens with one attached hydrogen (secondary N) is 1. The molecule has 120 valence electrons. The first-order valence-electron chi connectivity index (χ1n) is 6.85. The molecule has 0 aliphatic carbocycles. The van der Waals surface area contributed by atoms with E-state index in [4.69, 9.17) is 4.74 Å². The number of hydrogen-bond acceptors (Lipinski definition) is 5. The van der Waals surface area contributed by atoms with Crippen LogP contribution in [0.4, 0.5) is 5.69 Å². The molecule has 1 atom stereocenters. The second kappa shape index (κ2) is 6.35. The number of rotatable bonds is 5. The molecule has 0 radical (unpaired) electrons. The van der Waals surface area contributed by atoms with Gasteiger partial charge in [0.2, 0.25) is 21.8 Å². The molecule has 0 bridgehead atoms. The third-order valence-corrected chi connectivity index (χ3v) is 3.81. The lowest BCUT2D eigenvalue weighted by Gasteiger charge is -2.17. The molecule has 1 heterocycles. The fraction of sp³-hybridized carbons (Fsp3) is 0.429. The summed E-state index contributed by atoms with van der Waals surface area (Å²) in [5, 5.41) is 0. The normalized spacial score (nSPS) is 18.4. The molecule has 1 saturated heterocycles. The molecule has 0 aromatic heterocycles. The summed E-state index contributed by atoms with van der Waals surface area (Å²) in [4.78, 5) is 25.3. The third kappa shape index (κ3) is 3.97. The average Bonchev–Trinajstić information content (AvgIpc) is 2.80. The van der Waals surface area contributed by atoms with Gasteiger partial charge in [-0.05, 0) is 31.2 Å². The SMILES string of the molecule is CCOc1ccc(N2C[C@H](C(=O)NS(C)(=O)=O)CC2=O)cc1. The topological polar surface area (TPSA) is 92.8 Å². The van der Waals surface area contributed by atoms with Crippen LogP contribution < -0.4 is 14.4 Å². The van der Waals surface area contributed by atoms with E-state index in [9.17, 15) is 18.0 Å². The van der Waals surface area contributed by atoms with Crippen molar-refractivity contribution in [1.29, 1.82) is 0 Å². The second-order valence-corrected chi connectivity index (χ2v) is 6.82. The zero-order chi connectivity index (χ0) is 16.3. The maximum Gasteiger partial charge on any atom is 0.238 e. The zero-order valence-corrected chi connectivity index (χ0v) is 13.2. The number of carbonyl (C=O) groups excluding carboxylic acids is 2. The fourth-order valence-corrected chi connectivity index (χ4v) is 2.82. The molecule has 0 unspecified atom stereocenters. The molecule has 1 aliphatic rings. The quantitative estimate of drug-likeness (QED) is 0.851. The Labute approximate surface area is 129 Å². The Bertz CT molecular complexity index is 669. The van der Waals surface area contributed by atoms with Crippen molar-refractivity contribution in [3.63, 3.8) is 0 Å². The lowest BCUT2D eigenvalue weighted by molar-refractivity contribution is -0.124. The van der Waals surface area contributed by atoms with Crippen LogP contribution in [0.2, 0.25) is 0 Å². The molecule has 1 aliphatic heterocycles. The van der Waals surface area contributed by atoms with Gasteiger partial charge in [0.05, 0.1) is 18.8 Å². The monoisotopic (exact) mass is 326 g/mol. The van der Waals surface area contributed by atoms with Crippen molar-refractivity contribution in [2.24, 2.45) is 5.92 Å². The van der Waals surface area contributed by atoms with Crippen LogP contribution in [-0.2, 0) is 19.6 Å². The maximum absolute atomic E-state index is 12.0. The lowest BCUT2D eigenvalue weighted by Crippen LogP contribution is -2.36. The van der Waals surface area contributed by atoms with Gasteiger partial charge in [-0.15, -0.1) is 0 Å². The van der Waals surface area contributed by atoms with Crippen LogP contribution >= 0.6 is 0 Å². The summed E-state index contributed by atoms with van der Waals surface area (Å²) in [5.74, 6) is -0.833. The zero-order valence-electron chi connectivity index (χ0n) is 12.4. The Kier molecular flexibility index (Phi) is 4.70. The number of sulfonamides is 1. The average molecular weight is 326 g/mol. The minimum Gasteiger partial charge on any atom is -0.494 e. The highest BCUT2D eigenvalue weighted by atomic mass is 32.2. The lowest BCUT2D eigenvalue weighted by atomic mass is 10.1. The van der Waals surface area contributed by atoms with Crippen LogP contribution in [0.15, 0.2) is 24.3 Å².